The van der Waals surface area contributed by atoms with Crippen molar-refractivity contribution in [2.75, 3.05) is 6.61 Å². The molecule has 0 N–H and O–H groups in total. The zero-order valence-electron chi connectivity index (χ0n) is 8.43. The van der Waals surface area contributed by atoms with Crippen LogP contribution in [0, 0.1) is 6.92 Å². The topological polar surface area (TPSA) is 18.5 Å². The summed E-state index contributed by atoms with van der Waals surface area (Å²) in [6.45, 7) is 8.00. The van der Waals surface area contributed by atoms with Crippen molar-refractivity contribution in [1.29, 1.82) is 0 Å². The standard InChI is InChI=1S/C10H15BrClO2/c1-4-10(12)13-6-5-8(2)14-9(3)7-11/h4,7-8H,2,5-6H2,1,3H3. The van der Waals surface area contributed by atoms with Crippen LogP contribution in [-0.2, 0) is 9.47 Å². The lowest BCUT2D eigenvalue weighted by atomic mass is 10.3. The summed E-state index contributed by atoms with van der Waals surface area (Å²) in [7, 11) is 0. The van der Waals surface area contributed by atoms with Gasteiger partial charge in [0.15, 0.2) is 5.22 Å². The fourth-order valence-corrected chi connectivity index (χ4v) is 0.904. The Morgan fingerprint density at radius 2 is 2.29 bits per heavy atom. The van der Waals surface area contributed by atoms with Gasteiger partial charge in [-0.05, 0) is 38.4 Å². The summed E-state index contributed by atoms with van der Waals surface area (Å²) >= 11 is 8.81. The molecule has 0 aromatic carbocycles. The highest BCUT2D eigenvalue weighted by Crippen LogP contribution is 2.09. The molecule has 0 aromatic heterocycles. The Morgan fingerprint density at radius 3 is 2.79 bits per heavy atom. The summed E-state index contributed by atoms with van der Waals surface area (Å²) in [5, 5.41) is 0.407. The molecule has 81 valence electrons. The molecule has 0 saturated carbocycles. The van der Waals surface area contributed by atoms with Crippen molar-refractivity contribution in [3.8, 4) is 0 Å². The summed E-state index contributed by atoms with van der Waals surface area (Å²) in [5.41, 5.74) is 0. The van der Waals surface area contributed by atoms with Gasteiger partial charge in [0.05, 0.1) is 6.61 Å². The fourth-order valence-electron chi connectivity index (χ4n) is 0.719. The van der Waals surface area contributed by atoms with Gasteiger partial charge in [-0.25, -0.2) is 0 Å². The average molecular weight is 283 g/mol. The van der Waals surface area contributed by atoms with Crippen LogP contribution in [0.3, 0.4) is 0 Å². The zero-order chi connectivity index (χ0) is 11.0. The quantitative estimate of drug-likeness (QED) is 0.686. The normalized spacial score (nSPS) is 15.2. The molecule has 0 fully saturated rings. The Kier molecular flexibility index (Phi) is 8.09. The van der Waals surface area contributed by atoms with Crippen molar-refractivity contribution in [3.63, 3.8) is 0 Å². The van der Waals surface area contributed by atoms with E-state index in [1.54, 1.807) is 11.1 Å². The van der Waals surface area contributed by atoms with E-state index in [0.29, 0.717) is 18.2 Å². The van der Waals surface area contributed by atoms with Crippen LogP contribution >= 0.6 is 27.5 Å². The predicted octanol–water partition coefficient (Wildman–Crippen LogP) is 3.97. The van der Waals surface area contributed by atoms with Gasteiger partial charge in [0.25, 0.3) is 0 Å². The van der Waals surface area contributed by atoms with Crippen LogP contribution in [0.4, 0.5) is 0 Å². The maximum absolute atomic E-state index is 5.64. The van der Waals surface area contributed by atoms with E-state index in [0.717, 1.165) is 5.76 Å². The zero-order valence-corrected chi connectivity index (χ0v) is 10.8. The molecule has 14 heavy (non-hydrogen) atoms. The van der Waals surface area contributed by atoms with E-state index in [-0.39, 0.29) is 6.10 Å². The summed E-state index contributed by atoms with van der Waals surface area (Å²) in [5.74, 6) is 0.794. The molecular weight excluding hydrogens is 267 g/mol. The Bertz CT molecular complexity index is 214. The van der Waals surface area contributed by atoms with E-state index in [1.165, 1.54) is 0 Å². The highest BCUT2D eigenvalue weighted by molar-refractivity contribution is 9.11. The van der Waals surface area contributed by atoms with E-state index in [1.807, 2.05) is 13.8 Å². The second kappa shape index (κ2) is 8.18. The third-order valence-electron chi connectivity index (χ3n) is 1.41. The number of hydrogen-bond acceptors (Lipinski definition) is 2. The molecule has 4 heteroatoms. The number of allylic oxidation sites excluding steroid dienone is 2. The van der Waals surface area contributed by atoms with Crippen molar-refractivity contribution < 1.29 is 9.47 Å². The highest BCUT2D eigenvalue weighted by Gasteiger charge is 2.03. The molecule has 2 nitrogen and oxygen atoms in total. The first-order valence-corrected chi connectivity index (χ1v) is 5.60. The van der Waals surface area contributed by atoms with E-state index in [9.17, 15) is 0 Å². The van der Waals surface area contributed by atoms with Crippen molar-refractivity contribution >= 4 is 27.5 Å². The third-order valence-corrected chi connectivity index (χ3v) is 2.39. The van der Waals surface area contributed by atoms with Crippen molar-refractivity contribution in [1.82, 2.24) is 0 Å². The number of halogens is 2. The largest absolute Gasteiger partial charge is 0.494 e. The van der Waals surface area contributed by atoms with Crippen molar-refractivity contribution in [2.45, 2.75) is 26.4 Å². The Labute approximate surface area is 99.0 Å². The molecule has 0 aliphatic rings. The number of ether oxygens (including phenoxy) is 2. The molecular formula is C10H15BrClO2. The maximum atomic E-state index is 5.64. The molecule has 1 atom stereocenters. The van der Waals surface area contributed by atoms with Crippen LogP contribution in [0.5, 0.6) is 0 Å². The van der Waals surface area contributed by atoms with Crippen LogP contribution in [0.2, 0.25) is 0 Å². The van der Waals surface area contributed by atoms with E-state index in [2.05, 4.69) is 22.9 Å². The minimum atomic E-state index is -0.120. The average Bonchev–Trinajstić information content (AvgIpc) is 2.17. The van der Waals surface area contributed by atoms with Gasteiger partial charge in [-0.1, -0.05) is 15.9 Å². The SMILES string of the molecule is [CH2]C(CCOC(Cl)=CC)OC(C)=CBr. The molecule has 0 rings (SSSR count). The summed E-state index contributed by atoms with van der Waals surface area (Å²) < 4.78 is 10.5. The predicted molar refractivity (Wildman–Crippen MR) is 63.1 cm³/mol. The minimum absolute atomic E-state index is 0.120. The summed E-state index contributed by atoms with van der Waals surface area (Å²) in [6.07, 6.45) is 2.27. The lowest BCUT2D eigenvalue weighted by molar-refractivity contribution is 0.115. The molecule has 0 heterocycles. The first-order chi connectivity index (χ1) is 6.60. The molecule has 0 spiro atoms. The molecule has 1 unspecified atom stereocenters. The van der Waals surface area contributed by atoms with Gasteiger partial charge in [0, 0.05) is 11.4 Å². The lowest BCUT2D eigenvalue weighted by Gasteiger charge is -2.14. The van der Waals surface area contributed by atoms with Crippen molar-refractivity contribution in [2.24, 2.45) is 0 Å². The minimum Gasteiger partial charge on any atom is -0.494 e. The smallest absolute Gasteiger partial charge is 0.182 e. The van der Waals surface area contributed by atoms with Gasteiger partial charge in [0.1, 0.15) is 11.9 Å². The van der Waals surface area contributed by atoms with Gasteiger partial charge in [-0.2, -0.15) is 0 Å². The highest BCUT2D eigenvalue weighted by atomic mass is 79.9. The molecule has 0 aliphatic heterocycles. The number of rotatable bonds is 6. The monoisotopic (exact) mass is 281 g/mol. The molecule has 0 aliphatic carbocycles. The first-order valence-electron chi connectivity index (χ1n) is 4.31. The van der Waals surface area contributed by atoms with Crippen LogP contribution in [-0.4, -0.2) is 12.7 Å². The van der Waals surface area contributed by atoms with Crippen molar-refractivity contribution in [3.05, 3.63) is 29.0 Å². The maximum Gasteiger partial charge on any atom is 0.182 e. The van der Waals surface area contributed by atoms with Crippen LogP contribution in [0.15, 0.2) is 22.0 Å². The van der Waals surface area contributed by atoms with E-state index >= 15 is 0 Å². The summed E-state index contributed by atoms with van der Waals surface area (Å²) in [6, 6.07) is 0. The van der Waals surface area contributed by atoms with Gasteiger partial charge < -0.3 is 9.47 Å². The first kappa shape index (κ1) is 13.8. The number of hydrogen-bond donors (Lipinski definition) is 0. The Hall–Kier alpha value is -0.150. The molecule has 0 aromatic rings. The molecule has 0 amide bonds. The van der Waals surface area contributed by atoms with E-state index < -0.39 is 0 Å². The molecule has 0 bridgehead atoms. The van der Waals surface area contributed by atoms with Crippen LogP contribution in [0.25, 0.3) is 0 Å². The third kappa shape index (κ3) is 7.27. The Morgan fingerprint density at radius 1 is 1.64 bits per heavy atom. The van der Waals surface area contributed by atoms with Crippen LogP contribution in [0.1, 0.15) is 20.3 Å². The van der Waals surface area contributed by atoms with Gasteiger partial charge in [-0.3, -0.25) is 0 Å². The van der Waals surface area contributed by atoms with E-state index in [4.69, 9.17) is 21.1 Å². The van der Waals surface area contributed by atoms with Gasteiger partial charge in [-0.15, -0.1) is 0 Å². The fraction of sp³-hybridized carbons (Fsp3) is 0.500. The second-order valence-electron chi connectivity index (χ2n) is 2.69. The molecule has 1 radical (unpaired) electrons. The second-order valence-corrected chi connectivity index (χ2v) is 3.52. The summed E-state index contributed by atoms with van der Waals surface area (Å²) in [4.78, 5) is 1.71. The van der Waals surface area contributed by atoms with Crippen LogP contribution < -0.4 is 0 Å². The Balaban J connectivity index is 3.59. The van der Waals surface area contributed by atoms with Gasteiger partial charge >= 0.3 is 0 Å². The molecule has 0 saturated heterocycles. The van der Waals surface area contributed by atoms with Gasteiger partial charge in [0.2, 0.25) is 0 Å². The lowest BCUT2D eigenvalue weighted by Crippen LogP contribution is -2.10.